The van der Waals surface area contributed by atoms with E-state index in [1.165, 1.54) is 38.9 Å². The van der Waals surface area contributed by atoms with Crippen LogP contribution in [0.2, 0.25) is 0 Å². The molecule has 0 spiro atoms. The van der Waals surface area contributed by atoms with Crippen LogP contribution in [-0.2, 0) is 61.0 Å². The summed E-state index contributed by atoms with van der Waals surface area (Å²) in [6, 6.07) is 47.5. The van der Waals surface area contributed by atoms with Gasteiger partial charge in [-0.1, -0.05) is 37.3 Å². The maximum Gasteiger partial charge on any atom is 0.119 e. The summed E-state index contributed by atoms with van der Waals surface area (Å²) in [5.74, 6) is 4.77. The number of aromatic nitrogens is 4. The Morgan fingerprint density at radius 1 is 0.241 bits per heavy atom. The number of hydrogen-bond acceptors (Lipinski definition) is 12. The van der Waals surface area contributed by atoms with Crippen molar-refractivity contribution >= 4 is 31.2 Å². The summed E-state index contributed by atoms with van der Waals surface area (Å²) in [5.41, 5.74) is 8.54. The quantitative estimate of drug-likeness (QED) is 0.0882. The van der Waals surface area contributed by atoms with Crippen molar-refractivity contribution in [3.05, 3.63) is 206 Å². The van der Waals surface area contributed by atoms with Crippen LogP contribution in [-0.4, -0.2) is 119 Å². The summed E-state index contributed by atoms with van der Waals surface area (Å²) in [4.78, 5) is 0. The molecule has 632 valence electrons. The van der Waals surface area contributed by atoms with Crippen molar-refractivity contribution in [2.24, 2.45) is 0 Å². The van der Waals surface area contributed by atoms with E-state index < -0.39 is 31.2 Å². The number of halogens is 24. The Kier molecular flexibility index (Phi) is 31.8. The molecule has 4 aromatic carbocycles. The van der Waals surface area contributed by atoms with Crippen molar-refractivity contribution in [3.8, 4) is 56.8 Å². The third-order valence-electron chi connectivity index (χ3n) is 13.8. The van der Waals surface area contributed by atoms with E-state index in [9.17, 15) is 101 Å². The van der Waals surface area contributed by atoms with Gasteiger partial charge in [0.1, 0.15) is 74.1 Å². The molecule has 0 saturated heterocycles. The molecule has 20 rings (SSSR count). The number of benzene rings is 4. The number of fused-ring (bicyclic) bond motifs is 1. The second-order valence-electron chi connectivity index (χ2n) is 23.6. The first-order chi connectivity index (χ1) is 51.4. The number of aryl methyl sites for hydroxylation is 1. The van der Waals surface area contributed by atoms with E-state index in [0.717, 1.165) is 67.1 Å². The maximum absolute atomic E-state index is 10.7. The minimum Gasteiger partial charge on any atom is -0.491 e. The molecule has 0 radical (unpaired) electrons. The minimum atomic E-state index is -10.7. The van der Waals surface area contributed by atoms with Gasteiger partial charge in [-0.2, -0.15) is 0 Å². The van der Waals surface area contributed by atoms with E-state index in [1.807, 2.05) is 60.7 Å². The monoisotopic (exact) mass is 1720 g/mol. The van der Waals surface area contributed by atoms with Crippen molar-refractivity contribution in [1.29, 1.82) is 0 Å². The van der Waals surface area contributed by atoms with Gasteiger partial charge in [-0.3, -0.25) is 0 Å². The fourth-order valence-electron chi connectivity index (χ4n) is 9.08. The Balaban J connectivity index is 0.000000301. The predicted molar refractivity (Wildman–Crippen MR) is 370 cm³/mol. The summed E-state index contributed by atoms with van der Waals surface area (Å²) in [5, 5.41) is 0. The topological polar surface area (TPSA) is 126 Å². The molecule has 16 heterocycles. The molecule has 0 N–H and O–H groups in total. The van der Waals surface area contributed by atoms with Crippen LogP contribution in [0.5, 0.6) is 34.5 Å². The predicted octanol–water partition coefficient (Wildman–Crippen LogP) is 21.8. The summed E-state index contributed by atoms with van der Waals surface area (Å²) in [7, 11) is -42.6. The van der Waals surface area contributed by atoms with Crippen LogP contribution in [0, 0.1) is 0 Å². The number of ether oxygens (including phenoxy) is 12. The van der Waals surface area contributed by atoms with Gasteiger partial charge in [0.05, 0.1) is 79.3 Å². The normalized spacial score (nSPS) is 17.7. The largest absolute Gasteiger partial charge is 0.491 e. The van der Waals surface area contributed by atoms with Crippen LogP contribution in [0.15, 0.2) is 189 Å². The van der Waals surface area contributed by atoms with Crippen molar-refractivity contribution in [1.82, 2.24) is 0 Å². The zero-order valence-electron chi connectivity index (χ0n) is 59.2. The summed E-state index contributed by atoms with van der Waals surface area (Å²) < 4.78 is 314. The Bertz CT molecular complexity index is 3840. The van der Waals surface area contributed by atoms with Gasteiger partial charge < -0.3 is 56.8 Å². The molecule has 0 fully saturated rings. The van der Waals surface area contributed by atoms with Crippen LogP contribution in [0.25, 0.3) is 22.3 Å². The van der Waals surface area contributed by atoms with E-state index in [0.29, 0.717) is 119 Å². The molecule has 0 amide bonds. The summed E-state index contributed by atoms with van der Waals surface area (Å²) in [6.07, 6.45) is 18.0. The van der Waals surface area contributed by atoms with Gasteiger partial charge in [-0.25, -0.2) is 18.3 Å². The number of nitrogens with zero attached hydrogens (tertiary/aromatic N) is 4. The van der Waals surface area contributed by atoms with Crippen LogP contribution >= 0.6 is 31.2 Å². The Hall–Kier alpha value is -7.92. The van der Waals surface area contributed by atoms with E-state index in [2.05, 4.69) is 154 Å². The maximum atomic E-state index is 9.87. The van der Waals surface area contributed by atoms with Crippen molar-refractivity contribution in [2.45, 2.75) is 39.5 Å². The van der Waals surface area contributed by atoms with Crippen molar-refractivity contribution < 1.29 is 176 Å². The van der Waals surface area contributed by atoms with Crippen LogP contribution in [0.4, 0.5) is 101 Å². The smallest absolute Gasteiger partial charge is 0.119 e. The van der Waals surface area contributed by atoms with Crippen LogP contribution in [0.3, 0.4) is 0 Å². The standard InChI is InChI=1S/C40H40N4O2.C28H40O10.4F6P/c1-2-34-7-8-39-29-40(34)46-28-26-42-19-11-36(12-20-42)38-15-23-44(24-16-38)31-33-5-3-32(4-6-33)30-43-21-13-37(14-22-43)35-9-17-41(18-10-35)25-27-45-39;1-2-26-4-3-25(1)35-21-17-31-13-9-29-11-15-33-19-23-37-27-5-7-28(8-6-27)38-24-20-34-16-12-30-10-14-32-18-22-36-26;4*1-7(2,3,4,5)6/h3-24,29H,2,25-28,30-31H2,1H3;1-8H,9-24H2;;;;/q+4;;4*-1. The minimum absolute atomic E-state index is 0.459. The molecule has 4 aromatic heterocycles. The van der Waals surface area contributed by atoms with Crippen LogP contribution < -0.4 is 46.7 Å². The van der Waals surface area contributed by atoms with Crippen molar-refractivity contribution in [2.75, 3.05) is 119 Å². The van der Waals surface area contributed by atoms with Gasteiger partial charge in [0.2, 0.25) is 0 Å². The van der Waals surface area contributed by atoms with E-state index in [1.54, 1.807) is 0 Å². The van der Waals surface area contributed by atoms with Crippen molar-refractivity contribution in [3.63, 3.8) is 0 Å². The van der Waals surface area contributed by atoms with Gasteiger partial charge in [0, 0.05) is 65.7 Å². The molecule has 16 bridgehead atoms. The molecule has 12 aliphatic heterocycles. The molecule has 16 nitrogen and oxygen atoms in total. The van der Waals surface area contributed by atoms with Gasteiger partial charge in [0.25, 0.3) is 0 Å². The zero-order valence-corrected chi connectivity index (χ0v) is 62.8. The first kappa shape index (κ1) is 94.7. The molecule has 44 heteroatoms. The van der Waals surface area contributed by atoms with E-state index in [-0.39, 0.29) is 0 Å². The average molecular weight is 1730 g/mol. The molecular formula is C68H80F24N4O12P4. The number of rotatable bonds is 1. The molecule has 112 heavy (non-hydrogen) atoms. The molecule has 0 saturated carbocycles. The van der Waals surface area contributed by atoms with Gasteiger partial charge in [-0.05, 0) is 88.8 Å². The van der Waals surface area contributed by atoms with Gasteiger partial charge in [-0.15, -0.1) is 0 Å². The Morgan fingerprint density at radius 2 is 0.446 bits per heavy atom. The first-order valence-corrected chi connectivity index (χ1v) is 41.4. The second-order valence-corrected chi connectivity index (χ2v) is 31.3. The van der Waals surface area contributed by atoms with Gasteiger partial charge in [0.15, 0.2) is 75.8 Å². The first-order valence-electron chi connectivity index (χ1n) is 33.3. The SMILES string of the molecule is CCc1ccc2cc1OCC[n+]1ccc(cc1)-c1cc[n+](cc1)Cc1ccc(cc1)C[n+]1ccc(cc1)-c1cc[n+](cc1)CCO2.F[P-](F)(F)(F)(F)F.F[P-](F)(F)(F)(F)F.F[P-](F)(F)(F)(F)F.F[P-](F)(F)(F)(F)F.c1cc2ccc1OCCOCCOCCOCCOc1ccc(cc1)OCCOCCOCCOCCO2. The number of hydrogen-bond donors (Lipinski definition) is 0. The average Bonchev–Trinajstić information content (AvgIpc) is 0.802. The molecule has 0 aliphatic carbocycles. The van der Waals surface area contributed by atoms with E-state index >= 15 is 0 Å². The van der Waals surface area contributed by atoms with Gasteiger partial charge >= 0.3 is 132 Å². The second kappa shape index (κ2) is 37.6. The molecule has 0 atom stereocenters. The third kappa shape index (κ3) is 55.5. The fraction of sp³-hybridized carbons (Fsp3) is 0.353. The molecule has 12 aliphatic rings. The third-order valence-corrected chi connectivity index (χ3v) is 13.8. The van der Waals surface area contributed by atoms with E-state index in [4.69, 9.17) is 56.8 Å². The molecule has 8 aromatic rings. The summed E-state index contributed by atoms with van der Waals surface area (Å²) >= 11 is 0. The Morgan fingerprint density at radius 3 is 0.688 bits per heavy atom. The van der Waals surface area contributed by atoms with Crippen LogP contribution in [0.1, 0.15) is 23.6 Å². The summed E-state index contributed by atoms with van der Waals surface area (Å²) in [6.45, 7) is 14.3. The Labute approximate surface area is 626 Å². The molecule has 0 unspecified atom stereocenters. The zero-order chi connectivity index (χ0) is 83.1. The number of pyridine rings is 4. The fourth-order valence-corrected chi connectivity index (χ4v) is 9.08. The molecular weight excluding hydrogens is 1640 g/mol.